The van der Waals surface area contributed by atoms with Gasteiger partial charge in [-0.05, 0) is 30.9 Å². The van der Waals surface area contributed by atoms with E-state index in [0.29, 0.717) is 18.4 Å². The molecule has 1 heterocycles. The standard InChI is InChI=1S/C15H20N2/c1-2-15(8-10-16)17-11-9-14(12-17)13-6-4-3-5-7-13/h3-7,14-15H,2,8-9,11-12H2,1H3. The minimum Gasteiger partial charge on any atom is -0.299 e. The fraction of sp³-hybridized carbons (Fsp3) is 0.533. The summed E-state index contributed by atoms with van der Waals surface area (Å²) in [4.78, 5) is 2.49. The summed E-state index contributed by atoms with van der Waals surface area (Å²) in [5.74, 6) is 0.656. The number of benzene rings is 1. The third kappa shape index (κ3) is 2.87. The molecule has 17 heavy (non-hydrogen) atoms. The largest absolute Gasteiger partial charge is 0.299 e. The number of nitrogens with zero attached hydrogens (tertiary/aromatic N) is 2. The Labute approximate surface area is 104 Å². The van der Waals surface area contributed by atoms with Gasteiger partial charge in [-0.3, -0.25) is 4.90 Å². The van der Waals surface area contributed by atoms with Gasteiger partial charge < -0.3 is 0 Å². The van der Waals surface area contributed by atoms with E-state index >= 15 is 0 Å². The lowest BCUT2D eigenvalue weighted by atomic mass is 9.99. The Bertz CT molecular complexity index is 380. The zero-order valence-electron chi connectivity index (χ0n) is 10.5. The number of nitriles is 1. The third-order valence-electron chi connectivity index (χ3n) is 3.81. The average molecular weight is 228 g/mol. The average Bonchev–Trinajstić information content (AvgIpc) is 2.86. The lowest BCUT2D eigenvalue weighted by Gasteiger charge is -2.24. The highest BCUT2D eigenvalue weighted by Gasteiger charge is 2.27. The zero-order valence-corrected chi connectivity index (χ0v) is 10.5. The van der Waals surface area contributed by atoms with Crippen molar-refractivity contribution in [3.8, 4) is 6.07 Å². The van der Waals surface area contributed by atoms with Gasteiger partial charge in [-0.2, -0.15) is 5.26 Å². The maximum Gasteiger partial charge on any atom is 0.0638 e. The van der Waals surface area contributed by atoms with Gasteiger partial charge in [0.05, 0.1) is 12.5 Å². The van der Waals surface area contributed by atoms with E-state index in [9.17, 15) is 0 Å². The van der Waals surface area contributed by atoms with Crippen LogP contribution in [0.5, 0.6) is 0 Å². The van der Waals surface area contributed by atoms with E-state index in [1.54, 1.807) is 0 Å². The van der Waals surface area contributed by atoms with Crippen LogP contribution < -0.4 is 0 Å². The summed E-state index contributed by atoms with van der Waals surface area (Å²) in [6, 6.07) is 13.5. The van der Waals surface area contributed by atoms with E-state index in [1.807, 2.05) is 0 Å². The molecule has 0 spiro atoms. The van der Waals surface area contributed by atoms with Crippen molar-refractivity contribution in [1.29, 1.82) is 5.26 Å². The van der Waals surface area contributed by atoms with E-state index in [4.69, 9.17) is 5.26 Å². The van der Waals surface area contributed by atoms with Crippen LogP contribution in [0.1, 0.15) is 37.7 Å². The molecule has 0 bridgehead atoms. The Kier molecular flexibility index (Phi) is 4.17. The second kappa shape index (κ2) is 5.84. The minimum absolute atomic E-state index is 0.453. The van der Waals surface area contributed by atoms with Gasteiger partial charge in [-0.25, -0.2) is 0 Å². The van der Waals surface area contributed by atoms with Gasteiger partial charge in [0, 0.05) is 12.6 Å². The molecule has 0 radical (unpaired) electrons. The molecular formula is C15H20N2. The molecule has 2 nitrogen and oxygen atoms in total. The predicted molar refractivity (Wildman–Crippen MR) is 69.7 cm³/mol. The molecule has 0 amide bonds. The van der Waals surface area contributed by atoms with Crippen LogP contribution in [0.2, 0.25) is 0 Å². The molecule has 1 saturated heterocycles. The molecule has 90 valence electrons. The smallest absolute Gasteiger partial charge is 0.0638 e. The van der Waals surface area contributed by atoms with Gasteiger partial charge >= 0.3 is 0 Å². The van der Waals surface area contributed by atoms with Crippen molar-refractivity contribution in [1.82, 2.24) is 4.90 Å². The maximum absolute atomic E-state index is 8.83. The van der Waals surface area contributed by atoms with Gasteiger partial charge in [0.2, 0.25) is 0 Å². The summed E-state index contributed by atoms with van der Waals surface area (Å²) in [6.07, 6.45) is 2.97. The summed E-state index contributed by atoms with van der Waals surface area (Å²) in [5, 5.41) is 8.83. The SMILES string of the molecule is CCC(CC#N)N1CCC(c2ccccc2)C1. The fourth-order valence-electron chi connectivity index (χ4n) is 2.75. The van der Waals surface area contributed by atoms with Gasteiger partial charge in [0.15, 0.2) is 0 Å². The quantitative estimate of drug-likeness (QED) is 0.791. The number of hydrogen-bond donors (Lipinski definition) is 0. The molecule has 0 aliphatic carbocycles. The highest BCUT2D eigenvalue weighted by Crippen LogP contribution is 2.29. The Morgan fingerprint density at radius 1 is 1.41 bits per heavy atom. The third-order valence-corrected chi connectivity index (χ3v) is 3.81. The Morgan fingerprint density at radius 2 is 2.18 bits per heavy atom. The van der Waals surface area contributed by atoms with Crippen LogP contribution in [0.4, 0.5) is 0 Å². The summed E-state index contributed by atoms with van der Waals surface area (Å²) in [5.41, 5.74) is 1.45. The molecule has 2 heteroatoms. The van der Waals surface area contributed by atoms with Crippen molar-refractivity contribution in [3.63, 3.8) is 0 Å². The molecule has 1 aliphatic rings. The van der Waals surface area contributed by atoms with Crippen LogP contribution in [-0.2, 0) is 0 Å². The maximum atomic E-state index is 8.83. The van der Waals surface area contributed by atoms with E-state index in [0.717, 1.165) is 19.5 Å². The van der Waals surface area contributed by atoms with Crippen molar-refractivity contribution < 1.29 is 0 Å². The summed E-state index contributed by atoms with van der Waals surface area (Å²) >= 11 is 0. The molecular weight excluding hydrogens is 208 g/mol. The lowest BCUT2D eigenvalue weighted by molar-refractivity contribution is 0.236. The molecule has 2 unspecified atom stereocenters. The van der Waals surface area contributed by atoms with E-state index in [2.05, 4.69) is 48.2 Å². The lowest BCUT2D eigenvalue weighted by Crippen LogP contribution is -2.32. The van der Waals surface area contributed by atoms with Crippen LogP contribution in [0.3, 0.4) is 0 Å². The molecule has 1 aliphatic heterocycles. The molecule has 2 rings (SSSR count). The van der Waals surface area contributed by atoms with Crippen LogP contribution in [0, 0.1) is 11.3 Å². The number of rotatable bonds is 4. The van der Waals surface area contributed by atoms with Crippen molar-refractivity contribution in [2.24, 2.45) is 0 Å². The first-order valence-electron chi connectivity index (χ1n) is 6.51. The van der Waals surface area contributed by atoms with E-state index < -0.39 is 0 Å². The molecule has 0 saturated carbocycles. The predicted octanol–water partition coefficient (Wildman–Crippen LogP) is 3.17. The topological polar surface area (TPSA) is 27.0 Å². The van der Waals surface area contributed by atoms with Crippen LogP contribution in [0.15, 0.2) is 30.3 Å². The second-order valence-electron chi connectivity index (χ2n) is 4.82. The Balaban J connectivity index is 1.98. The zero-order chi connectivity index (χ0) is 12.1. The van der Waals surface area contributed by atoms with Gasteiger partial charge in [-0.15, -0.1) is 0 Å². The molecule has 1 fully saturated rings. The number of likely N-dealkylation sites (tertiary alicyclic amines) is 1. The van der Waals surface area contributed by atoms with Crippen LogP contribution in [0.25, 0.3) is 0 Å². The van der Waals surface area contributed by atoms with Crippen LogP contribution >= 0.6 is 0 Å². The first-order chi connectivity index (χ1) is 8.35. The molecule has 1 aromatic carbocycles. The van der Waals surface area contributed by atoms with Crippen molar-refractivity contribution in [3.05, 3.63) is 35.9 Å². The number of hydrogen-bond acceptors (Lipinski definition) is 2. The monoisotopic (exact) mass is 228 g/mol. The molecule has 0 N–H and O–H groups in total. The van der Waals surface area contributed by atoms with E-state index in [-0.39, 0.29) is 0 Å². The second-order valence-corrected chi connectivity index (χ2v) is 4.82. The first kappa shape index (κ1) is 12.1. The summed E-state index contributed by atoms with van der Waals surface area (Å²) in [7, 11) is 0. The molecule has 0 aromatic heterocycles. The van der Waals surface area contributed by atoms with Crippen LogP contribution in [-0.4, -0.2) is 24.0 Å². The van der Waals surface area contributed by atoms with E-state index in [1.165, 1.54) is 12.0 Å². The van der Waals surface area contributed by atoms with Crippen molar-refractivity contribution in [2.75, 3.05) is 13.1 Å². The Hall–Kier alpha value is -1.33. The Morgan fingerprint density at radius 3 is 2.82 bits per heavy atom. The normalized spacial score (nSPS) is 22.2. The summed E-state index contributed by atoms with van der Waals surface area (Å²) < 4.78 is 0. The fourth-order valence-corrected chi connectivity index (χ4v) is 2.75. The van der Waals surface area contributed by atoms with Gasteiger partial charge in [-0.1, -0.05) is 37.3 Å². The minimum atomic E-state index is 0.453. The summed E-state index contributed by atoms with van der Waals surface area (Å²) in [6.45, 7) is 4.43. The van der Waals surface area contributed by atoms with Crippen molar-refractivity contribution >= 4 is 0 Å². The highest BCUT2D eigenvalue weighted by molar-refractivity contribution is 5.21. The molecule has 2 atom stereocenters. The molecule has 1 aromatic rings. The first-order valence-corrected chi connectivity index (χ1v) is 6.51. The van der Waals surface area contributed by atoms with Gasteiger partial charge in [0.25, 0.3) is 0 Å². The highest BCUT2D eigenvalue weighted by atomic mass is 15.2. The van der Waals surface area contributed by atoms with Crippen molar-refractivity contribution in [2.45, 2.75) is 38.1 Å². The van der Waals surface area contributed by atoms with Gasteiger partial charge in [0.1, 0.15) is 0 Å².